The van der Waals surface area contributed by atoms with E-state index < -0.39 is 5.97 Å². The second-order valence-electron chi connectivity index (χ2n) is 5.93. The summed E-state index contributed by atoms with van der Waals surface area (Å²) in [4.78, 5) is 11.0. The molecule has 0 radical (unpaired) electrons. The predicted molar refractivity (Wildman–Crippen MR) is 85.9 cm³/mol. The van der Waals surface area contributed by atoms with Crippen LogP contribution in [0.4, 0.5) is 5.69 Å². The Morgan fingerprint density at radius 2 is 2.13 bits per heavy atom. The van der Waals surface area contributed by atoms with Gasteiger partial charge in [0.2, 0.25) is 0 Å². The fourth-order valence-corrected chi connectivity index (χ4v) is 3.09. The van der Waals surface area contributed by atoms with Crippen molar-refractivity contribution >= 4 is 11.7 Å². The first kappa shape index (κ1) is 15.5. The highest BCUT2D eigenvalue weighted by molar-refractivity contribution is 5.70. The lowest BCUT2D eigenvalue weighted by Gasteiger charge is -2.27. The van der Waals surface area contributed by atoms with Crippen LogP contribution < -0.4 is 5.32 Å². The zero-order chi connectivity index (χ0) is 16.2. The topological polar surface area (TPSA) is 92.9 Å². The SMILES string of the molecule is CCn1nnnc1-c1cccc(NC2CCC(C(=O)O)CC2)c1. The number of aryl methyl sites for hydroxylation is 1. The monoisotopic (exact) mass is 315 g/mol. The first-order valence-electron chi connectivity index (χ1n) is 8.03. The van der Waals surface area contributed by atoms with Crippen molar-refractivity contribution in [2.75, 3.05) is 5.32 Å². The average Bonchev–Trinajstić information content (AvgIpc) is 3.04. The molecule has 1 aromatic heterocycles. The molecule has 122 valence electrons. The number of carbonyl (C=O) groups is 1. The molecule has 0 saturated heterocycles. The molecule has 1 aliphatic carbocycles. The van der Waals surface area contributed by atoms with Crippen molar-refractivity contribution in [3.05, 3.63) is 24.3 Å². The zero-order valence-corrected chi connectivity index (χ0v) is 13.1. The van der Waals surface area contributed by atoms with Crippen molar-refractivity contribution < 1.29 is 9.90 Å². The summed E-state index contributed by atoms with van der Waals surface area (Å²) >= 11 is 0. The van der Waals surface area contributed by atoms with Crippen LogP contribution in [-0.2, 0) is 11.3 Å². The molecule has 2 aromatic rings. The van der Waals surface area contributed by atoms with E-state index in [0.29, 0.717) is 6.04 Å². The van der Waals surface area contributed by atoms with Crippen molar-refractivity contribution in [2.45, 2.75) is 45.2 Å². The fourth-order valence-electron chi connectivity index (χ4n) is 3.09. The van der Waals surface area contributed by atoms with Crippen molar-refractivity contribution in [3.63, 3.8) is 0 Å². The Kier molecular flexibility index (Phi) is 4.55. The summed E-state index contributed by atoms with van der Waals surface area (Å²) in [6, 6.07) is 8.36. The number of carboxylic acid groups (broad SMARTS) is 1. The lowest BCUT2D eigenvalue weighted by molar-refractivity contribution is -0.142. The van der Waals surface area contributed by atoms with Crippen molar-refractivity contribution in [2.24, 2.45) is 5.92 Å². The molecule has 2 N–H and O–H groups in total. The number of hydrogen-bond donors (Lipinski definition) is 2. The normalized spacial score (nSPS) is 21.1. The van der Waals surface area contributed by atoms with E-state index in [1.54, 1.807) is 4.68 Å². The minimum absolute atomic E-state index is 0.187. The van der Waals surface area contributed by atoms with Gasteiger partial charge in [0.1, 0.15) is 0 Å². The second kappa shape index (κ2) is 6.76. The van der Waals surface area contributed by atoms with Crippen LogP contribution in [0.25, 0.3) is 11.4 Å². The third kappa shape index (κ3) is 3.49. The Hall–Kier alpha value is -2.44. The van der Waals surface area contributed by atoms with Gasteiger partial charge in [-0.3, -0.25) is 4.79 Å². The van der Waals surface area contributed by atoms with Crippen LogP contribution in [0.2, 0.25) is 0 Å². The number of nitrogens with zero attached hydrogens (tertiary/aromatic N) is 4. The van der Waals surface area contributed by atoms with Gasteiger partial charge in [0.05, 0.1) is 5.92 Å². The largest absolute Gasteiger partial charge is 0.481 e. The average molecular weight is 315 g/mol. The highest BCUT2D eigenvalue weighted by Gasteiger charge is 2.25. The highest BCUT2D eigenvalue weighted by Crippen LogP contribution is 2.28. The zero-order valence-electron chi connectivity index (χ0n) is 13.1. The maximum absolute atomic E-state index is 11.0. The van der Waals surface area contributed by atoms with Gasteiger partial charge < -0.3 is 10.4 Å². The van der Waals surface area contributed by atoms with Crippen LogP contribution in [-0.4, -0.2) is 37.3 Å². The molecule has 0 spiro atoms. The van der Waals surface area contributed by atoms with E-state index >= 15 is 0 Å². The van der Waals surface area contributed by atoms with Crippen molar-refractivity contribution in [1.29, 1.82) is 0 Å². The summed E-state index contributed by atoms with van der Waals surface area (Å²) in [5, 5.41) is 24.3. The van der Waals surface area contributed by atoms with Gasteiger partial charge in [-0.05, 0) is 55.2 Å². The molecule has 0 bridgehead atoms. The van der Waals surface area contributed by atoms with Gasteiger partial charge in [-0.2, -0.15) is 0 Å². The maximum Gasteiger partial charge on any atom is 0.306 e. The van der Waals surface area contributed by atoms with Crippen LogP contribution in [0.1, 0.15) is 32.6 Å². The van der Waals surface area contributed by atoms with Gasteiger partial charge in [-0.1, -0.05) is 12.1 Å². The predicted octanol–water partition coefficient (Wildman–Crippen LogP) is 2.42. The first-order chi connectivity index (χ1) is 11.2. The molecule has 1 saturated carbocycles. The molecule has 0 unspecified atom stereocenters. The molecular weight excluding hydrogens is 294 g/mol. The first-order valence-corrected chi connectivity index (χ1v) is 8.03. The lowest BCUT2D eigenvalue weighted by atomic mass is 9.86. The van der Waals surface area contributed by atoms with Gasteiger partial charge >= 0.3 is 5.97 Å². The molecule has 7 heteroatoms. The molecule has 0 aliphatic heterocycles. The molecule has 0 atom stereocenters. The van der Waals surface area contributed by atoms with Gasteiger partial charge in [-0.25, -0.2) is 4.68 Å². The number of rotatable bonds is 5. The Balaban J connectivity index is 1.68. The summed E-state index contributed by atoms with van der Waals surface area (Å²) in [7, 11) is 0. The van der Waals surface area contributed by atoms with E-state index in [2.05, 4.69) is 20.8 Å². The second-order valence-corrected chi connectivity index (χ2v) is 5.93. The molecule has 1 heterocycles. The Bertz CT molecular complexity index is 677. The van der Waals surface area contributed by atoms with E-state index in [0.717, 1.165) is 49.3 Å². The summed E-state index contributed by atoms with van der Waals surface area (Å²) < 4.78 is 1.76. The third-order valence-corrected chi connectivity index (χ3v) is 4.40. The van der Waals surface area contributed by atoms with Crippen LogP contribution in [0.3, 0.4) is 0 Å². The number of carboxylic acids is 1. The smallest absolute Gasteiger partial charge is 0.306 e. The number of hydrogen-bond acceptors (Lipinski definition) is 5. The number of aliphatic carboxylic acids is 1. The van der Waals surface area contributed by atoms with Gasteiger partial charge in [0.15, 0.2) is 5.82 Å². The van der Waals surface area contributed by atoms with Gasteiger partial charge in [0, 0.05) is 23.8 Å². The minimum atomic E-state index is -0.670. The number of aromatic nitrogens is 4. The van der Waals surface area contributed by atoms with Crippen LogP contribution in [0.15, 0.2) is 24.3 Å². The molecule has 23 heavy (non-hydrogen) atoms. The molecule has 7 nitrogen and oxygen atoms in total. The minimum Gasteiger partial charge on any atom is -0.481 e. The molecule has 1 aliphatic rings. The maximum atomic E-state index is 11.0. The van der Waals surface area contributed by atoms with Crippen LogP contribution in [0, 0.1) is 5.92 Å². The standard InChI is InChI=1S/C16H21N5O2/c1-2-21-15(18-19-20-21)12-4-3-5-14(10-12)17-13-8-6-11(7-9-13)16(22)23/h3-5,10-11,13,17H,2,6-9H2,1H3,(H,22,23). The van der Waals surface area contributed by atoms with Gasteiger partial charge in [0.25, 0.3) is 0 Å². The van der Waals surface area contributed by atoms with E-state index in [9.17, 15) is 4.79 Å². The summed E-state index contributed by atoms with van der Waals surface area (Å²) in [6.07, 6.45) is 3.24. The van der Waals surface area contributed by atoms with Crippen LogP contribution in [0.5, 0.6) is 0 Å². The number of nitrogens with one attached hydrogen (secondary N) is 1. The van der Waals surface area contributed by atoms with Crippen molar-refractivity contribution in [1.82, 2.24) is 20.2 Å². The molecule has 3 rings (SSSR count). The van der Waals surface area contributed by atoms with Gasteiger partial charge in [-0.15, -0.1) is 5.10 Å². The number of benzene rings is 1. The summed E-state index contributed by atoms with van der Waals surface area (Å²) in [5.41, 5.74) is 1.99. The quantitative estimate of drug-likeness (QED) is 0.880. The lowest BCUT2D eigenvalue weighted by Crippen LogP contribution is -2.29. The Labute approximate surface area is 134 Å². The van der Waals surface area contributed by atoms with Crippen LogP contribution >= 0.6 is 0 Å². The molecule has 1 aromatic carbocycles. The number of anilines is 1. The van der Waals surface area contributed by atoms with Crippen molar-refractivity contribution in [3.8, 4) is 11.4 Å². The van der Waals surface area contributed by atoms with E-state index in [-0.39, 0.29) is 5.92 Å². The number of tetrazole rings is 1. The Morgan fingerprint density at radius 3 is 2.83 bits per heavy atom. The summed E-state index contributed by atoms with van der Waals surface area (Å²) in [5.74, 6) is -0.101. The van der Waals surface area contributed by atoms with E-state index in [4.69, 9.17) is 5.11 Å². The Morgan fingerprint density at radius 1 is 1.35 bits per heavy atom. The summed E-state index contributed by atoms with van der Waals surface area (Å²) in [6.45, 7) is 2.72. The van der Waals surface area contributed by atoms with E-state index in [1.807, 2.05) is 31.2 Å². The molecular formula is C16H21N5O2. The molecule has 1 fully saturated rings. The fraction of sp³-hybridized carbons (Fsp3) is 0.500. The third-order valence-electron chi connectivity index (χ3n) is 4.40. The molecule has 0 amide bonds. The highest BCUT2D eigenvalue weighted by atomic mass is 16.4. The van der Waals surface area contributed by atoms with E-state index in [1.165, 1.54) is 0 Å².